The Kier molecular flexibility index (Phi) is 5.75. The van der Waals surface area contributed by atoms with Crippen molar-refractivity contribution in [3.8, 4) is 0 Å². The Morgan fingerprint density at radius 1 is 1.32 bits per heavy atom. The highest BCUT2D eigenvalue weighted by Crippen LogP contribution is 2.22. The highest BCUT2D eigenvalue weighted by atomic mass is 16.7. The third-order valence-corrected chi connectivity index (χ3v) is 2.95. The monoisotopic (exact) mass is 268 g/mol. The van der Waals surface area contributed by atoms with Crippen LogP contribution in [-0.4, -0.2) is 44.1 Å². The number of aliphatic hydroxyl groups excluding tert-OH is 1. The van der Waals surface area contributed by atoms with Crippen LogP contribution in [0.5, 0.6) is 0 Å². The van der Waals surface area contributed by atoms with E-state index in [2.05, 4.69) is 0 Å². The maximum atomic E-state index is 9.83. The van der Waals surface area contributed by atoms with Crippen molar-refractivity contribution in [2.75, 3.05) is 20.5 Å². The van der Waals surface area contributed by atoms with Crippen LogP contribution in [0.1, 0.15) is 12.0 Å². The maximum absolute atomic E-state index is 9.83. The maximum Gasteiger partial charge on any atom is 0.161 e. The Hall–Kier alpha value is -0.980. The van der Waals surface area contributed by atoms with Crippen LogP contribution in [0.3, 0.4) is 0 Å². The number of hydrogen-bond donors (Lipinski definition) is 1. The molecule has 1 aliphatic rings. The Labute approximate surface area is 113 Å². The first-order valence-electron chi connectivity index (χ1n) is 6.35. The van der Waals surface area contributed by atoms with E-state index in [1.807, 2.05) is 30.3 Å². The van der Waals surface area contributed by atoms with Crippen LogP contribution in [0, 0.1) is 0 Å². The van der Waals surface area contributed by atoms with Crippen molar-refractivity contribution >= 4 is 0 Å². The first-order valence-corrected chi connectivity index (χ1v) is 6.35. The molecule has 0 spiro atoms. The van der Waals surface area contributed by atoms with Gasteiger partial charge in [-0.3, -0.25) is 0 Å². The van der Waals surface area contributed by atoms with E-state index in [1.54, 1.807) is 7.11 Å². The number of rotatable bonds is 7. The largest absolute Gasteiger partial charge is 0.390 e. The minimum Gasteiger partial charge on any atom is -0.390 e. The molecule has 0 radical (unpaired) electrons. The summed E-state index contributed by atoms with van der Waals surface area (Å²) in [5.74, 6) is 0. The highest BCUT2D eigenvalue weighted by Gasteiger charge is 2.34. The molecule has 0 amide bonds. The summed E-state index contributed by atoms with van der Waals surface area (Å²) in [7, 11) is 1.55. The standard InChI is InChI=1S/C14H20O5/c1-16-10-17-9-13-12(15)7-14(19-13)18-8-11-5-3-2-4-6-11/h2-6,12-15H,7-10H2,1H3/t12-,13-,14-/m1/s1. The fourth-order valence-electron chi connectivity index (χ4n) is 1.96. The summed E-state index contributed by atoms with van der Waals surface area (Å²) < 4.78 is 21.2. The second-order valence-corrected chi connectivity index (χ2v) is 4.48. The van der Waals surface area contributed by atoms with Crippen LogP contribution in [0.4, 0.5) is 0 Å². The molecule has 5 heteroatoms. The van der Waals surface area contributed by atoms with Crippen LogP contribution in [-0.2, 0) is 25.6 Å². The SMILES string of the molecule is COCOC[C@H]1O[C@@H](OCc2ccccc2)C[C@H]1O. The first kappa shape index (κ1) is 14.4. The molecule has 0 aliphatic carbocycles. The predicted octanol–water partition coefficient (Wildman–Crippen LogP) is 1.30. The van der Waals surface area contributed by atoms with E-state index in [1.165, 1.54) is 0 Å². The highest BCUT2D eigenvalue weighted by molar-refractivity contribution is 5.13. The van der Waals surface area contributed by atoms with E-state index in [0.29, 0.717) is 19.6 Å². The topological polar surface area (TPSA) is 57.2 Å². The average Bonchev–Trinajstić information content (AvgIpc) is 2.79. The summed E-state index contributed by atoms with van der Waals surface area (Å²) in [4.78, 5) is 0. The molecular formula is C14H20O5. The molecule has 1 saturated heterocycles. The molecule has 2 rings (SSSR count). The zero-order valence-electron chi connectivity index (χ0n) is 11.0. The van der Waals surface area contributed by atoms with Crippen molar-refractivity contribution in [3.63, 3.8) is 0 Å². The fraction of sp³-hybridized carbons (Fsp3) is 0.571. The summed E-state index contributed by atoms with van der Waals surface area (Å²) in [6.45, 7) is 0.978. The Morgan fingerprint density at radius 3 is 2.84 bits per heavy atom. The lowest BCUT2D eigenvalue weighted by atomic mass is 10.2. The van der Waals surface area contributed by atoms with Gasteiger partial charge in [-0.25, -0.2) is 0 Å². The molecule has 1 aliphatic heterocycles. The molecule has 1 aromatic carbocycles. The van der Waals surface area contributed by atoms with Gasteiger partial charge in [0, 0.05) is 13.5 Å². The van der Waals surface area contributed by atoms with Gasteiger partial charge >= 0.3 is 0 Å². The zero-order valence-corrected chi connectivity index (χ0v) is 11.0. The molecule has 0 saturated carbocycles. The van der Waals surface area contributed by atoms with Gasteiger partial charge in [0.15, 0.2) is 6.29 Å². The summed E-state index contributed by atoms with van der Waals surface area (Å²) in [6, 6.07) is 9.87. The molecule has 0 unspecified atom stereocenters. The van der Waals surface area contributed by atoms with Gasteiger partial charge in [0.2, 0.25) is 0 Å². The van der Waals surface area contributed by atoms with Gasteiger partial charge in [-0.1, -0.05) is 30.3 Å². The van der Waals surface area contributed by atoms with E-state index < -0.39 is 6.10 Å². The summed E-state index contributed by atoms with van der Waals surface area (Å²) in [5.41, 5.74) is 1.08. The van der Waals surface area contributed by atoms with Gasteiger partial charge in [0.05, 0.1) is 19.3 Å². The second kappa shape index (κ2) is 7.57. The quantitative estimate of drug-likeness (QED) is 0.596. The van der Waals surface area contributed by atoms with Crippen molar-refractivity contribution in [3.05, 3.63) is 35.9 Å². The Bertz CT molecular complexity index is 356. The van der Waals surface area contributed by atoms with Crippen molar-refractivity contribution in [1.82, 2.24) is 0 Å². The second-order valence-electron chi connectivity index (χ2n) is 4.48. The molecule has 5 nitrogen and oxygen atoms in total. The lowest BCUT2D eigenvalue weighted by molar-refractivity contribution is -0.162. The van der Waals surface area contributed by atoms with E-state index >= 15 is 0 Å². The molecule has 3 atom stereocenters. The molecule has 0 bridgehead atoms. The number of aliphatic hydroxyl groups is 1. The molecule has 19 heavy (non-hydrogen) atoms. The van der Waals surface area contributed by atoms with E-state index in [0.717, 1.165) is 5.56 Å². The van der Waals surface area contributed by atoms with Crippen molar-refractivity contribution in [2.24, 2.45) is 0 Å². The van der Waals surface area contributed by atoms with Gasteiger partial charge in [-0.05, 0) is 5.56 Å². The van der Waals surface area contributed by atoms with Crippen LogP contribution in [0.2, 0.25) is 0 Å². The van der Waals surface area contributed by atoms with Gasteiger partial charge in [-0.15, -0.1) is 0 Å². The zero-order chi connectivity index (χ0) is 13.5. The molecule has 1 heterocycles. The van der Waals surface area contributed by atoms with Crippen LogP contribution >= 0.6 is 0 Å². The molecule has 106 valence electrons. The van der Waals surface area contributed by atoms with Crippen LogP contribution in [0.25, 0.3) is 0 Å². The number of hydrogen-bond acceptors (Lipinski definition) is 5. The minimum absolute atomic E-state index is 0.197. The summed E-state index contributed by atoms with van der Waals surface area (Å²) >= 11 is 0. The van der Waals surface area contributed by atoms with Crippen LogP contribution in [0.15, 0.2) is 30.3 Å². The molecule has 1 fully saturated rings. The average molecular weight is 268 g/mol. The third kappa shape index (κ3) is 4.56. The minimum atomic E-state index is -0.558. The lowest BCUT2D eigenvalue weighted by Gasteiger charge is -2.15. The smallest absolute Gasteiger partial charge is 0.161 e. The number of benzene rings is 1. The lowest BCUT2D eigenvalue weighted by Crippen LogP contribution is -2.27. The molecule has 0 aromatic heterocycles. The van der Waals surface area contributed by atoms with Crippen molar-refractivity contribution in [2.45, 2.75) is 31.5 Å². The van der Waals surface area contributed by atoms with Gasteiger partial charge < -0.3 is 24.1 Å². The molecule has 1 N–H and O–H groups in total. The molecular weight excluding hydrogens is 248 g/mol. The summed E-state index contributed by atoms with van der Waals surface area (Å²) in [5, 5.41) is 9.83. The van der Waals surface area contributed by atoms with Crippen LogP contribution < -0.4 is 0 Å². The summed E-state index contributed by atoms with van der Waals surface area (Å²) in [6.07, 6.45) is -0.826. The fourth-order valence-corrected chi connectivity index (χ4v) is 1.96. The molecule has 1 aromatic rings. The normalized spacial score (nSPS) is 26.7. The number of ether oxygens (including phenoxy) is 4. The third-order valence-electron chi connectivity index (χ3n) is 2.95. The Morgan fingerprint density at radius 2 is 2.11 bits per heavy atom. The van der Waals surface area contributed by atoms with E-state index in [4.69, 9.17) is 18.9 Å². The van der Waals surface area contributed by atoms with Gasteiger partial charge in [0.25, 0.3) is 0 Å². The number of methoxy groups -OCH3 is 1. The van der Waals surface area contributed by atoms with Crippen molar-refractivity contribution < 1.29 is 24.1 Å². The van der Waals surface area contributed by atoms with E-state index in [9.17, 15) is 5.11 Å². The van der Waals surface area contributed by atoms with Gasteiger partial charge in [0.1, 0.15) is 12.9 Å². The van der Waals surface area contributed by atoms with Crippen molar-refractivity contribution in [1.29, 1.82) is 0 Å². The van der Waals surface area contributed by atoms with Gasteiger partial charge in [-0.2, -0.15) is 0 Å². The van der Waals surface area contributed by atoms with E-state index in [-0.39, 0.29) is 19.2 Å². The Balaban J connectivity index is 1.71. The first-order chi connectivity index (χ1) is 9.29. The predicted molar refractivity (Wildman–Crippen MR) is 68.3 cm³/mol.